The molecule has 1 N–H and O–H groups in total. The molecule has 0 spiro atoms. The van der Waals surface area contributed by atoms with Gasteiger partial charge in [-0.25, -0.2) is 10.1 Å². The van der Waals surface area contributed by atoms with Gasteiger partial charge in [0.15, 0.2) is 0 Å². The van der Waals surface area contributed by atoms with Gasteiger partial charge in [0.2, 0.25) is 0 Å². The normalized spacial score (nSPS) is 20.4. The monoisotopic (exact) mass is 327 g/mol. The SMILES string of the molecule is ON1C(CCl)=Nc2ccc(C(F)(F)F)cc2C1=C1C=CC=N1. The average molecular weight is 328 g/mol. The van der Waals surface area contributed by atoms with E-state index in [1.807, 2.05) is 0 Å². The van der Waals surface area contributed by atoms with Crippen molar-refractivity contribution in [2.45, 2.75) is 6.18 Å². The van der Waals surface area contributed by atoms with Gasteiger partial charge < -0.3 is 0 Å². The zero-order valence-corrected chi connectivity index (χ0v) is 11.7. The Labute approximate surface area is 128 Å². The molecule has 1 aromatic carbocycles. The largest absolute Gasteiger partial charge is 0.416 e. The predicted octanol–water partition coefficient (Wildman–Crippen LogP) is 3.99. The maximum Gasteiger partial charge on any atom is 0.416 e. The molecule has 2 heterocycles. The van der Waals surface area contributed by atoms with Crippen molar-refractivity contribution in [3.05, 3.63) is 47.2 Å². The minimum absolute atomic E-state index is 0.0961. The minimum atomic E-state index is -4.49. The fourth-order valence-electron chi connectivity index (χ4n) is 2.20. The summed E-state index contributed by atoms with van der Waals surface area (Å²) in [5.41, 5.74) is 0.0717. The molecular weight excluding hydrogens is 319 g/mol. The lowest BCUT2D eigenvalue weighted by atomic mass is 10.0. The van der Waals surface area contributed by atoms with Crippen LogP contribution in [-0.2, 0) is 6.18 Å². The molecule has 0 saturated carbocycles. The van der Waals surface area contributed by atoms with E-state index < -0.39 is 11.7 Å². The topological polar surface area (TPSA) is 48.2 Å². The Bertz CT molecular complexity index is 736. The van der Waals surface area contributed by atoms with E-state index >= 15 is 0 Å². The van der Waals surface area contributed by atoms with Crippen LogP contribution in [0.15, 0.2) is 46.0 Å². The lowest BCUT2D eigenvalue weighted by Gasteiger charge is -2.27. The van der Waals surface area contributed by atoms with Crippen molar-refractivity contribution in [1.82, 2.24) is 5.06 Å². The number of benzene rings is 1. The van der Waals surface area contributed by atoms with Gasteiger partial charge >= 0.3 is 6.18 Å². The number of alkyl halides is 4. The molecule has 0 aliphatic carbocycles. The smallest absolute Gasteiger partial charge is 0.282 e. The van der Waals surface area contributed by atoms with E-state index in [0.29, 0.717) is 16.4 Å². The van der Waals surface area contributed by atoms with Gasteiger partial charge in [-0.05, 0) is 30.4 Å². The van der Waals surface area contributed by atoms with Crippen molar-refractivity contribution in [3.63, 3.8) is 0 Å². The summed E-state index contributed by atoms with van der Waals surface area (Å²) in [4.78, 5) is 8.10. The summed E-state index contributed by atoms with van der Waals surface area (Å²) in [6, 6.07) is 3.13. The van der Waals surface area contributed by atoms with Crippen LogP contribution in [0.3, 0.4) is 0 Å². The number of fused-ring (bicyclic) bond motifs is 1. The Morgan fingerprint density at radius 1 is 1.27 bits per heavy atom. The van der Waals surface area contributed by atoms with Crippen LogP contribution >= 0.6 is 11.6 Å². The number of rotatable bonds is 1. The molecule has 2 aliphatic heterocycles. The number of aliphatic imine (C=N–C) groups is 2. The van der Waals surface area contributed by atoms with Crippen LogP contribution in [0.1, 0.15) is 11.1 Å². The Morgan fingerprint density at radius 2 is 2.05 bits per heavy atom. The zero-order chi connectivity index (χ0) is 15.9. The van der Waals surface area contributed by atoms with Crippen LogP contribution in [0.5, 0.6) is 0 Å². The lowest BCUT2D eigenvalue weighted by molar-refractivity contribution is -0.137. The van der Waals surface area contributed by atoms with Gasteiger partial charge in [-0.15, -0.1) is 11.6 Å². The molecule has 0 fully saturated rings. The highest BCUT2D eigenvalue weighted by molar-refractivity contribution is 6.29. The molecule has 4 nitrogen and oxygen atoms in total. The summed E-state index contributed by atoms with van der Waals surface area (Å²) in [6.45, 7) is 0. The molecule has 0 radical (unpaired) electrons. The number of halogens is 4. The van der Waals surface area contributed by atoms with Crippen LogP contribution in [0.2, 0.25) is 0 Å². The first-order valence-corrected chi connectivity index (χ1v) is 6.74. The summed E-state index contributed by atoms with van der Waals surface area (Å²) >= 11 is 5.73. The molecule has 2 aliphatic rings. The van der Waals surface area contributed by atoms with Crippen molar-refractivity contribution in [1.29, 1.82) is 0 Å². The number of nitrogens with zero attached hydrogens (tertiary/aromatic N) is 3. The maximum atomic E-state index is 12.9. The van der Waals surface area contributed by atoms with Gasteiger partial charge in [0.1, 0.15) is 11.5 Å². The van der Waals surface area contributed by atoms with Gasteiger partial charge in [-0.1, -0.05) is 0 Å². The van der Waals surface area contributed by atoms with E-state index in [9.17, 15) is 18.4 Å². The molecule has 0 bridgehead atoms. The molecule has 0 amide bonds. The summed E-state index contributed by atoms with van der Waals surface area (Å²) < 4.78 is 38.7. The highest BCUT2D eigenvalue weighted by Gasteiger charge is 2.34. The fraction of sp³-hybridized carbons (Fsp3) is 0.143. The minimum Gasteiger partial charge on any atom is -0.282 e. The summed E-state index contributed by atoms with van der Waals surface area (Å²) in [7, 11) is 0. The second-order valence-corrected chi connectivity index (χ2v) is 4.84. The first kappa shape index (κ1) is 14.8. The summed E-state index contributed by atoms with van der Waals surface area (Å²) in [5, 5.41) is 10.9. The number of allylic oxidation sites excluding steroid dienone is 2. The van der Waals surface area contributed by atoms with E-state index in [0.717, 1.165) is 12.1 Å². The predicted molar refractivity (Wildman–Crippen MR) is 77.4 cm³/mol. The molecule has 1 aromatic rings. The Balaban J connectivity index is 2.26. The van der Waals surface area contributed by atoms with Crippen molar-refractivity contribution in [2.75, 3.05) is 5.88 Å². The first-order valence-electron chi connectivity index (χ1n) is 6.21. The third kappa shape index (κ3) is 2.42. The van der Waals surface area contributed by atoms with Gasteiger partial charge in [0.25, 0.3) is 0 Å². The van der Waals surface area contributed by atoms with Gasteiger partial charge in [-0.3, -0.25) is 10.2 Å². The molecule has 0 saturated heterocycles. The third-order valence-corrected chi connectivity index (χ3v) is 3.44. The van der Waals surface area contributed by atoms with Crippen LogP contribution in [0, 0.1) is 0 Å². The number of hydrogen-bond donors (Lipinski definition) is 1. The highest BCUT2D eigenvalue weighted by atomic mass is 35.5. The molecule has 0 unspecified atom stereocenters. The number of hydroxylamine groups is 2. The summed E-state index contributed by atoms with van der Waals surface area (Å²) in [6.07, 6.45) is 0.196. The van der Waals surface area contributed by atoms with Crippen molar-refractivity contribution >= 4 is 35.0 Å². The molecule has 0 aromatic heterocycles. The van der Waals surface area contributed by atoms with E-state index in [1.165, 1.54) is 12.3 Å². The first-order chi connectivity index (χ1) is 10.4. The van der Waals surface area contributed by atoms with Crippen LogP contribution in [0.25, 0.3) is 5.70 Å². The second kappa shape index (κ2) is 5.26. The quantitative estimate of drug-likeness (QED) is 0.793. The Kier molecular flexibility index (Phi) is 3.54. The molecular formula is C14H9ClF3N3O. The lowest BCUT2D eigenvalue weighted by Crippen LogP contribution is -2.30. The van der Waals surface area contributed by atoms with Crippen molar-refractivity contribution < 1.29 is 18.4 Å². The molecule has 0 atom stereocenters. The van der Waals surface area contributed by atoms with Gasteiger partial charge in [0.05, 0.1) is 22.8 Å². The molecule has 3 rings (SSSR count). The second-order valence-electron chi connectivity index (χ2n) is 4.57. The van der Waals surface area contributed by atoms with E-state index in [4.69, 9.17) is 11.6 Å². The van der Waals surface area contributed by atoms with Crippen molar-refractivity contribution in [2.24, 2.45) is 9.98 Å². The molecule has 22 heavy (non-hydrogen) atoms. The van der Waals surface area contributed by atoms with Crippen LogP contribution in [-0.4, -0.2) is 28.2 Å². The maximum absolute atomic E-state index is 12.9. The highest BCUT2D eigenvalue weighted by Crippen LogP contribution is 2.40. The summed E-state index contributed by atoms with van der Waals surface area (Å²) in [5.74, 6) is 0.0215. The third-order valence-electron chi connectivity index (χ3n) is 3.20. The van der Waals surface area contributed by atoms with Gasteiger partial charge in [0, 0.05) is 11.8 Å². The van der Waals surface area contributed by atoms with Crippen molar-refractivity contribution in [3.8, 4) is 0 Å². The van der Waals surface area contributed by atoms with Gasteiger partial charge in [-0.2, -0.15) is 13.2 Å². The van der Waals surface area contributed by atoms with E-state index in [-0.39, 0.29) is 23.0 Å². The fourth-order valence-corrected chi connectivity index (χ4v) is 2.38. The zero-order valence-electron chi connectivity index (χ0n) is 11.0. The number of hydrogen-bond acceptors (Lipinski definition) is 4. The molecule has 8 heteroatoms. The standard InChI is InChI=1S/C14H9ClF3N3O/c15-7-12-20-10-4-3-8(14(16,17)18)6-9(10)13(21(12)22)11-2-1-5-19-11/h1-6,22H,7H2. The van der Waals surface area contributed by atoms with Crippen LogP contribution < -0.4 is 0 Å². The number of amidine groups is 1. The Hall–Kier alpha value is -2.12. The molecule has 114 valence electrons. The average Bonchev–Trinajstić information content (AvgIpc) is 2.98. The van der Waals surface area contributed by atoms with E-state index in [2.05, 4.69) is 9.98 Å². The van der Waals surface area contributed by atoms with Crippen LogP contribution in [0.4, 0.5) is 18.9 Å². The Morgan fingerprint density at radius 3 is 2.64 bits per heavy atom. The van der Waals surface area contributed by atoms with E-state index in [1.54, 1.807) is 12.2 Å².